The molecule has 1 aromatic heterocycles. The number of nitrogens with one attached hydrogen (secondary N) is 1. The second-order valence-corrected chi connectivity index (χ2v) is 5.16. The average molecular weight is 283 g/mol. The van der Waals surface area contributed by atoms with Gasteiger partial charge in [-0.2, -0.15) is 0 Å². The Labute approximate surface area is 118 Å². The fourth-order valence-electron chi connectivity index (χ4n) is 2.56. The second kappa shape index (κ2) is 6.75. The highest BCUT2D eigenvalue weighted by Crippen LogP contribution is 2.26. The molecule has 2 atom stereocenters. The van der Waals surface area contributed by atoms with E-state index in [4.69, 9.17) is 16.3 Å². The smallest absolute Gasteiger partial charge is 0.255 e. The Hall–Kier alpha value is -1.29. The number of methoxy groups -OCH3 is 1. The number of aromatic nitrogens is 1. The molecule has 2 unspecified atom stereocenters. The van der Waals surface area contributed by atoms with E-state index in [2.05, 4.69) is 10.3 Å². The molecule has 0 saturated heterocycles. The van der Waals surface area contributed by atoms with Crippen LogP contribution in [0.2, 0.25) is 0 Å². The molecule has 5 heteroatoms. The number of amides is 1. The van der Waals surface area contributed by atoms with E-state index in [1.54, 1.807) is 18.5 Å². The van der Waals surface area contributed by atoms with Crippen molar-refractivity contribution in [1.82, 2.24) is 10.3 Å². The summed E-state index contributed by atoms with van der Waals surface area (Å²) in [4.78, 5) is 16.2. The standard InChI is InChI=1S/C14H19ClN2O2/c1-19-13-9-16-7-6-11(13)14(18)17-12-5-3-2-4-10(12)8-15/h6-7,9-10,12H,2-5,8H2,1H3,(H,17,18). The molecule has 0 aromatic carbocycles. The summed E-state index contributed by atoms with van der Waals surface area (Å²) in [6.45, 7) is 0. The largest absolute Gasteiger partial charge is 0.494 e. The Bertz CT molecular complexity index is 439. The van der Waals surface area contributed by atoms with E-state index in [9.17, 15) is 4.79 Å². The van der Waals surface area contributed by atoms with Crippen LogP contribution < -0.4 is 10.1 Å². The van der Waals surface area contributed by atoms with Crippen molar-refractivity contribution >= 4 is 17.5 Å². The van der Waals surface area contributed by atoms with E-state index in [-0.39, 0.29) is 11.9 Å². The van der Waals surface area contributed by atoms with Gasteiger partial charge in [-0.3, -0.25) is 9.78 Å². The van der Waals surface area contributed by atoms with Gasteiger partial charge in [0, 0.05) is 18.1 Å². The molecule has 2 rings (SSSR count). The van der Waals surface area contributed by atoms with E-state index in [1.165, 1.54) is 13.5 Å². The van der Waals surface area contributed by atoms with Gasteiger partial charge in [-0.05, 0) is 24.8 Å². The Kier molecular flexibility index (Phi) is 5.02. The first-order chi connectivity index (χ1) is 9.26. The minimum atomic E-state index is -0.110. The maximum atomic E-state index is 12.3. The zero-order valence-corrected chi connectivity index (χ0v) is 11.8. The number of alkyl halides is 1. The van der Waals surface area contributed by atoms with Gasteiger partial charge in [0.25, 0.3) is 5.91 Å². The van der Waals surface area contributed by atoms with Crippen LogP contribution in [0.3, 0.4) is 0 Å². The van der Waals surface area contributed by atoms with Gasteiger partial charge in [-0.1, -0.05) is 12.8 Å². The highest BCUT2D eigenvalue weighted by molar-refractivity contribution is 6.18. The summed E-state index contributed by atoms with van der Waals surface area (Å²) >= 11 is 5.98. The van der Waals surface area contributed by atoms with Crippen molar-refractivity contribution in [1.29, 1.82) is 0 Å². The van der Waals surface area contributed by atoms with E-state index >= 15 is 0 Å². The molecule has 1 saturated carbocycles. The molecule has 1 aliphatic carbocycles. The predicted molar refractivity (Wildman–Crippen MR) is 74.7 cm³/mol. The minimum absolute atomic E-state index is 0.110. The van der Waals surface area contributed by atoms with Crippen molar-refractivity contribution in [3.63, 3.8) is 0 Å². The van der Waals surface area contributed by atoms with Crippen molar-refractivity contribution in [2.75, 3.05) is 13.0 Å². The molecule has 0 aliphatic heterocycles. The highest BCUT2D eigenvalue weighted by Gasteiger charge is 2.26. The fraction of sp³-hybridized carbons (Fsp3) is 0.571. The van der Waals surface area contributed by atoms with Crippen molar-refractivity contribution in [3.05, 3.63) is 24.0 Å². The number of rotatable bonds is 4. The van der Waals surface area contributed by atoms with Crippen molar-refractivity contribution < 1.29 is 9.53 Å². The minimum Gasteiger partial charge on any atom is -0.494 e. The Morgan fingerprint density at radius 1 is 1.53 bits per heavy atom. The van der Waals surface area contributed by atoms with Crippen LogP contribution >= 0.6 is 11.6 Å². The Morgan fingerprint density at radius 2 is 2.32 bits per heavy atom. The fourth-order valence-corrected chi connectivity index (χ4v) is 2.93. The lowest BCUT2D eigenvalue weighted by Crippen LogP contribution is -2.42. The van der Waals surface area contributed by atoms with Crippen LogP contribution in [-0.2, 0) is 0 Å². The summed E-state index contributed by atoms with van der Waals surface area (Å²) in [5, 5.41) is 3.08. The molecule has 0 bridgehead atoms. The first kappa shape index (κ1) is 14.1. The van der Waals surface area contributed by atoms with Gasteiger partial charge in [-0.15, -0.1) is 11.6 Å². The molecule has 1 amide bonds. The van der Waals surface area contributed by atoms with Crippen LogP contribution in [0.25, 0.3) is 0 Å². The van der Waals surface area contributed by atoms with Crippen molar-refractivity contribution in [3.8, 4) is 5.75 Å². The third-order valence-electron chi connectivity index (χ3n) is 3.67. The van der Waals surface area contributed by atoms with Crippen LogP contribution in [0.4, 0.5) is 0 Å². The molecule has 0 radical (unpaired) electrons. The van der Waals surface area contributed by atoms with Crippen LogP contribution in [0, 0.1) is 5.92 Å². The van der Waals surface area contributed by atoms with Gasteiger partial charge in [0.15, 0.2) is 0 Å². The lowest BCUT2D eigenvalue weighted by molar-refractivity contribution is 0.0908. The lowest BCUT2D eigenvalue weighted by Gasteiger charge is -2.30. The zero-order chi connectivity index (χ0) is 13.7. The third-order valence-corrected chi connectivity index (χ3v) is 4.07. The first-order valence-electron chi connectivity index (χ1n) is 6.61. The summed E-state index contributed by atoms with van der Waals surface area (Å²) in [5.41, 5.74) is 0.524. The Morgan fingerprint density at radius 3 is 3.05 bits per heavy atom. The molecule has 19 heavy (non-hydrogen) atoms. The summed E-state index contributed by atoms with van der Waals surface area (Å²) in [6.07, 6.45) is 7.57. The molecular formula is C14H19ClN2O2. The van der Waals surface area contributed by atoms with Crippen LogP contribution in [-0.4, -0.2) is 29.9 Å². The van der Waals surface area contributed by atoms with Gasteiger partial charge < -0.3 is 10.1 Å². The van der Waals surface area contributed by atoms with E-state index in [0.29, 0.717) is 23.1 Å². The highest BCUT2D eigenvalue weighted by atomic mass is 35.5. The number of hydrogen-bond donors (Lipinski definition) is 1. The zero-order valence-electron chi connectivity index (χ0n) is 11.1. The van der Waals surface area contributed by atoms with E-state index in [1.807, 2.05) is 0 Å². The molecule has 0 spiro atoms. The summed E-state index contributed by atoms with van der Waals surface area (Å²) in [5.74, 6) is 1.35. The molecule has 104 valence electrons. The molecule has 1 aliphatic rings. The number of pyridine rings is 1. The quantitative estimate of drug-likeness (QED) is 0.864. The molecule has 1 N–H and O–H groups in total. The maximum absolute atomic E-state index is 12.3. The number of carbonyl (C=O) groups is 1. The lowest BCUT2D eigenvalue weighted by atomic mass is 9.85. The molecule has 1 fully saturated rings. The van der Waals surface area contributed by atoms with E-state index in [0.717, 1.165) is 19.3 Å². The van der Waals surface area contributed by atoms with Gasteiger partial charge in [0.05, 0.1) is 18.9 Å². The average Bonchev–Trinajstić information content (AvgIpc) is 2.47. The maximum Gasteiger partial charge on any atom is 0.255 e. The molecule has 4 nitrogen and oxygen atoms in total. The summed E-state index contributed by atoms with van der Waals surface area (Å²) < 4.78 is 5.16. The normalized spacial score (nSPS) is 22.8. The monoisotopic (exact) mass is 282 g/mol. The molecule has 1 aromatic rings. The number of halogens is 1. The molecular weight excluding hydrogens is 264 g/mol. The Balaban J connectivity index is 2.07. The number of ether oxygens (including phenoxy) is 1. The number of hydrogen-bond acceptors (Lipinski definition) is 3. The SMILES string of the molecule is COc1cnccc1C(=O)NC1CCCCC1CCl. The van der Waals surface area contributed by atoms with Crippen LogP contribution in [0.5, 0.6) is 5.75 Å². The summed E-state index contributed by atoms with van der Waals surface area (Å²) in [6, 6.07) is 1.84. The number of carbonyl (C=O) groups excluding carboxylic acids is 1. The van der Waals surface area contributed by atoms with Crippen molar-refractivity contribution in [2.45, 2.75) is 31.7 Å². The second-order valence-electron chi connectivity index (χ2n) is 4.85. The topological polar surface area (TPSA) is 51.2 Å². The van der Waals surface area contributed by atoms with Crippen LogP contribution in [0.15, 0.2) is 18.5 Å². The van der Waals surface area contributed by atoms with Gasteiger partial charge in [0.1, 0.15) is 5.75 Å². The molecule has 1 heterocycles. The van der Waals surface area contributed by atoms with Gasteiger partial charge in [-0.25, -0.2) is 0 Å². The first-order valence-corrected chi connectivity index (χ1v) is 7.14. The third kappa shape index (κ3) is 3.38. The predicted octanol–water partition coefficient (Wildman–Crippen LogP) is 2.62. The van der Waals surface area contributed by atoms with Gasteiger partial charge in [0.2, 0.25) is 0 Å². The van der Waals surface area contributed by atoms with E-state index < -0.39 is 0 Å². The summed E-state index contributed by atoms with van der Waals surface area (Å²) in [7, 11) is 1.54. The van der Waals surface area contributed by atoms with Gasteiger partial charge >= 0.3 is 0 Å². The van der Waals surface area contributed by atoms with Crippen molar-refractivity contribution in [2.24, 2.45) is 5.92 Å². The van der Waals surface area contributed by atoms with Crippen LogP contribution in [0.1, 0.15) is 36.0 Å². The number of nitrogens with zero attached hydrogens (tertiary/aromatic N) is 1.